The Balaban J connectivity index is 1.90. The molecule has 2 fully saturated rings. The largest absolute Gasteiger partial charge is 0.338 e. The molecule has 2 aromatic rings. The van der Waals surface area contributed by atoms with Crippen LogP contribution < -0.4 is 17.0 Å². The fourth-order valence-corrected chi connectivity index (χ4v) is 4.12. The van der Waals surface area contributed by atoms with Crippen LogP contribution in [-0.4, -0.2) is 45.0 Å². The Kier molecular flexibility index (Phi) is 4.85. The number of carbonyl (C=O) groups excluding carboxylic acids is 1. The summed E-state index contributed by atoms with van der Waals surface area (Å²) in [5, 5.41) is 0.209. The molecule has 29 heavy (non-hydrogen) atoms. The standard InChI is InChI=1S/C21H29N5O3/c1-12(2)9-26-17-16(18(27)24-20(26)29)14(8-15(23-17)13-4-5-13)19(28)25-7-6-21(3,10-22)11-25/h8,12-13H,4-7,9-11,22H2,1-3H3,(H,24,27,29). The topological polar surface area (TPSA) is 114 Å². The fraction of sp³-hybridized carbons (Fsp3) is 0.619. The van der Waals surface area contributed by atoms with Gasteiger partial charge in [0, 0.05) is 31.2 Å². The summed E-state index contributed by atoms with van der Waals surface area (Å²) in [4.78, 5) is 47.5. The molecular weight excluding hydrogens is 370 g/mol. The van der Waals surface area contributed by atoms with Crippen molar-refractivity contribution in [2.45, 2.75) is 52.5 Å². The molecule has 0 bridgehead atoms. The van der Waals surface area contributed by atoms with Gasteiger partial charge >= 0.3 is 5.69 Å². The highest BCUT2D eigenvalue weighted by atomic mass is 16.2. The van der Waals surface area contributed by atoms with Crippen molar-refractivity contribution in [3.63, 3.8) is 0 Å². The zero-order chi connectivity index (χ0) is 20.9. The molecule has 4 rings (SSSR count). The normalized spacial score (nSPS) is 22.0. The second-order valence-corrected chi connectivity index (χ2v) is 9.32. The zero-order valence-electron chi connectivity index (χ0n) is 17.3. The summed E-state index contributed by atoms with van der Waals surface area (Å²) in [5.74, 6) is 0.300. The van der Waals surface area contributed by atoms with E-state index in [0.29, 0.717) is 43.3 Å². The number of hydrogen-bond donors (Lipinski definition) is 2. The molecule has 8 nitrogen and oxygen atoms in total. The Morgan fingerprint density at radius 2 is 2.10 bits per heavy atom. The number of nitrogens with one attached hydrogen (secondary N) is 1. The van der Waals surface area contributed by atoms with E-state index in [1.165, 1.54) is 4.57 Å². The number of H-pyrrole nitrogens is 1. The average Bonchev–Trinajstić information content (AvgIpc) is 3.45. The SMILES string of the molecule is CC(C)Cn1c(=O)[nH]c(=O)c2c(C(=O)N3CCC(C)(CN)C3)cc(C3CC3)nc21. The minimum absolute atomic E-state index is 0.107. The third-order valence-corrected chi connectivity index (χ3v) is 6.08. The van der Waals surface area contributed by atoms with Crippen molar-refractivity contribution in [2.24, 2.45) is 17.1 Å². The molecule has 156 valence electrons. The number of nitrogens with zero attached hydrogens (tertiary/aromatic N) is 3. The molecule has 3 N–H and O–H groups in total. The van der Waals surface area contributed by atoms with Crippen LogP contribution in [0.3, 0.4) is 0 Å². The Morgan fingerprint density at radius 3 is 2.69 bits per heavy atom. The Morgan fingerprint density at radius 1 is 1.38 bits per heavy atom. The van der Waals surface area contributed by atoms with E-state index in [2.05, 4.69) is 16.9 Å². The lowest BCUT2D eigenvalue weighted by Gasteiger charge is -2.23. The van der Waals surface area contributed by atoms with Gasteiger partial charge in [0.1, 0.15) is 0 Å². The lowest BCUT2D eigenvalue weighted by molar-refractivity contribution is 0.0778. The van der Waals surface area contributed by atoms with Gasteiger partial charge in [0.25, 0.3) is 11.5 Å². The van der Waals surface area contributed by atoms with E-state index in [1.54, 1.807) is 11.0 Å². The van der Waals surface area contributed by atoms with E-state index in [9.17, 15) is 14.4 Å². The number of nitrogens with two attached hydrogens (primary N) is 1. The molecule has 1 aliphatic carbocycles. The number of aromatic nitrogens is 3. The van der Waals surface area contributed by atoms with Crippen LogP contribution >= 0.6 is 0 Å². The van der Waals surface area contributed by atoms with E-state index in [-0.39, 0.29) is 22.6 Å². The molecule has 2 aromatic heterocycles. The minimum atomic E-state index is -0.552. The highest BCUT2D eigenvalue weighted by molar-refractivity contribution is 6.05. The molecule has 1 aliphatic heterocycles. The summed E-state index contributed by atoms with van der Waals surface area (Å²) in [6.07, 6.45) is 2.86. The van der Waals surface area contributed by atoms with Crippen molar-refractivity contribution in [1.29, 1.82) is 0 Å². The zero-order valence-corrected chi connectivity index (χ0v) is 17.3. The maximum absolute atomic E-state index is 13.4. The van der Waals surface area contributed by atoms with Crippen molar-refractivity contribution in [3.8, 4) is 0 Å². The number of rotatable bonds is 5. The molecule has 2 aliphatic rings. The molecular formula is C21H29N5O3. The number of likely N-dealkylation sites (tertiary alicyclic amines) is 1. The third kappa shape index (κ3) is 3.61. The summed E-state index contributed by atoms with van der Waals surface area (Å²) in [6, 6.07) is 1.76. The minimum Gasteiger partial charge on any atom is -0.338 e. The van der Waals surface area contributed by atoms with Gasteiger partial charge in [-0.3, -0.25) is 19.1 Å². The Hall–Kier alpha value is -2.48. The first-order valence-electron chi connectivity index (χ1n) is 10.4. The second kappa shape index (κ2) is 7.09. The molecule has 1 amide bonds. The first-order chi connectivity index (χ1) is 13.7. The number of carbonyl (C=O) groups is 1. The van der Waals surface area contributed by atoms with Crippen LogP contribution in [0.5, 0.6) is 0 Å². The fourth-order valence-electron chi connectivity index (χ4n) is 4.12. The van der Waals surface area contributed by atoms with E-state index in [0.717, 1.165) is 25.0 Å². The molecule has 0 spiro atoms. The number of fused-ring (bicyclic) bond motifs is 1. The predicted octanol–water partition coefficient (Wildman–Crippen LogP) is 1.43. The predicted molar refractivity (Wildman–Crippen MR) is 111 cm³/mol. The smallest absolute Gasteiger partial charge is 0.330 e. The molecule has 0 radical (unpaired) electrons. The van der Waals surface area contributed by atoms with Gasteiger partial charge in [-0.2, -0.15) is 0 Å². The van der Waals surface area contributed by atoms with Crippen molar-refractivity contribution in [3.05, 3.63) is 38.2 Å². The second-order valence-electron chi connectivity index (χ2n) is 9.32. The van der Waals surface area contributed by atoms with Gasteiger partial charge in [-0.05, 0) is 43.2 Å². The van der Waals surface area contributed by atoms with E-state index in [1.807, 2.05) is 13.8 Å². The van der Waals surface area contributed by atoms with Crippen LogP contribution in [0.25, 0.3) is 11.0 Å². The Labute approximate surface area is 169 Å². The molecule has 1 saturated heterocycles. The number of aromatic amines is 1. The van der Waals surface area contributed by atoms with Crippen molar-refractivity contribution >= 4 is 16.9 Å². The maximum Gasteiger partial charge on any atom is 0.330 e. The van der Waals surface area contributed by atoms with Crippen LogP contribution in [0.2, 0.25) is 0 Å². The quantitative estimate of drug-likeness (QED) is 0.789. The van der Waals surface area contributed by atoms with Crippen molar-refractivity contribution < 1.29 is 4.79 Å². The highest BCUT2D eigenvalue weighted by Gasteiger charge is 2.37. The summed E-state index contributed by atoms with van der Waals surface area (Å²) in [5.41, 5.74) is 6.22. The van der Waals surface area contributed by atoms with Crippen molar-refractivity contribution in [2.75, 3.05) is 19.6 Å². The van der Waals surface area contributed by atoms with Gasteiger partial charge in [0.15, 0.2) is 5.65 Å². The Bertz CT molecular complexity index is 1080. The molecule has 1 unspecified atom stereocenters. The summed E-state index contributed by atoms with van der Waals surface area (Å²) in [6.45, 7) is 8.18. The molecule has 3 heterocycles. The molecule has 0 aromatic carbocycles. The lowest BCUT2D eigenvalue weighted by atomic mass is 9.90. The van der Waals surface area contributed by atoms with Crippen LogP contribution in [0.4, 0.5) is 0 Å². The first kappa shape index (κ1) is 19.8. The third-order valence-electron chi connectivity index (χ3n) is 6.08. The van der Waals surface area contributed by atoms with Crippen LogP contribution in [0.15, 0.2) is 15.7 Å². The summed E-state index contributed by atoms with van der Waals surface area (Å²) < 4.78 is 1.50. The van der Waals surface area contributed by atoms with Crippen LogP contribution in [0, 0.1) is 11.3 Å². The molecule has 1 saturated carbocycles. The summed E-state index contributed by atoms with van der Waals surface area (Å²) >= 11 is 0. The van der Waals surface area contributed by atoms with Crippen molar-refractivity contribution in [1.82, 2.24) is 19.4 Å². The number of pyridine rings is 1. The number of hydrogen-bond acceptors (Lipinski definition) is 5. The lowest BCUT2D eigenvalue weighted by Crippen LogP contribution is -2.37. The van der Waals surface area contributed by atoms with E-state index >= 15 is 0 Å². The van der Waals surface area contributed by atoms with Gasteiger partial charge < -0.3 is 10.6 Å². The van der Waals surface area contributed by atoms with E-state index < -0.39 is 11.2 Å². The van der Waals surface area contributed by atoms with Gasteiger partial charge in [-0.1, -0.05) is 20.8 Å². The van der Waals surface area contributed by atoms with Gasteiger partial charge in [0.05, 0.1) is 10.9 Å². The van der Waals surface area contributed by atoms with Crippen LogP contribution in [-0.2, 0) is 6.54 Å². The maximum atomic E-state index is 13.4. The monoisotopic (exact) mass is 399 g/mol. The molecule has 1 atom stereocenters. The highest BCUT2D eigenvalue weighted by Crippen LogP contribution is 2.40. The van der Waals surface area contributed by atoms with E-state index in [4.69, 9.17) is 5.73 Å². The van der Waals surface area contributed by atoms with Gasteiger partial charge in [-0.25, -0.2) is 9.78 Å². The van der Waals surface area contributed by atoms with Gasteiger partial charge in [-0.15, -0.1) is 0 Å². The average molecular weight is 399 g/mol. The number of amides is 1. The summed E-state index contributed by atoms with van der Waals surface area (Å²) in [7, 11) is 0. The van der Waals surface area contributed by atoms with Gasteiger partial charge in [0.2, 0.25) is 0 Å². The van der Waals surface area contributed by atoms with Crippen LogP contribution in [0.1, 0.15) is 62.0 Å². The molecule has 8 heteroatoms. The first-order valence-corrected chi connectivity index (χ1v) is 10.4.